The zero-order valence-electron chi connectivity index (χ0n) is 12.6. The number of hydrogen-bond acceptors (Lipinski definition) is 6. The lowest BCUT2D eigenvalue weighted by molar-refractivity contribution is -0.116. The molecule has 3 heterocycles. The Labute approximate surface area is 146 Å². The lowest BCUT2D eigenvalue weighted by Gasteiger charge is -2.26. The number of carbonyl (C=O) groups excluding carboxylic acids is 2. The Morgan fingerprint density at radius 2 is 2.08 bits per heavy atom. The first kappa shape index (κ1) is 15.3. The molecule has 124 valence electrons. The number of hydrogen-bond donors (Lipinski definition) is 1. The smallest absolute Gasteiger partial charge is 0.258 e. The van der Waals surface area contributed by atoms with Gasteiger partial charge in [0.05, 0.1) is 20.5 Å². The summed E-state index contributed by atoms with van der Waals surface area (Å²) in [6, 6.07) is 7.51. The second kappa shape index (κ2) is 6.03. The van der Waals surface area contributed by atoms with Gasteiger partial charge in [0, 0.05) is 6.54 Å². The van der Waals surface area contributed by atoms with E-state index in [1.807, 2.05) is 18.2 Å². The van der Waals surface area contributed by atoms with Crippen LogP contribution in [0.5, 0.6) is 11.5 Å². The number of carbonyl (C=O) groups is 2. The van der Waals surface area contributed by atoms with Crippen LogP contribution in [0.25, 0.3) is 0 Å². The Morgan fingerprint density at radius 3 is 2.92 bits per heavy atom. The van der Waals surface area contributed by atoms with Gasteiger partial charge in [0.25, 0.3) is 5.91 Å². The third kappa shape index (κ3) is 2.71. The van der Waals surface area contributed by atoms with E-state index in [0.29, 0.717) is 23.6 Å². The highest BCUT2D eigenvalue weighted by Gasteiger charge is 2.28. The number of primary amides is 1. The fourth-order valence-electron chi connectivity index (χ4n) is 2.70. The van der Waals surface area contributed by atoms with Crippen molar-refractivity contribution in [2.24, 2.45) is 5.73 Å². The highest BCUT2D eigenvalue weighted by molar-refractivity contribution is 8.02. The first-order valence-electron chi connectivity index (χ1n) is 7.37. The molecule has 8 heteroatoms. The van der Waals surface area contributed by atoms with Gasteiger partial charge in [0.15, 0.2) is 11.5 Å². The normalized spacial score (nSPS) is 15.5. The second-order valence-electron chi connectivity index (χ2n) is 5.42. The topological polar surface area (TPSA) is 81.9 Å². The molecule has 24 heavy (non-hydrogen) atoms. The van der Waals surface area contributed by atoms with Gasteiger partial charge in [-0.05, 0) is 30.2 Å². The van der Waals surface area contributed by atoms with Crippen molar-refractivity contribution in [3.8, 4) is 11.5 Å². The van der Waals surface area contributed by atoms with Crippen LogP contribution in [0.15, 0.2) is 28.5 Å². The largest absolute Gasteiger partial charge is 0.454 e. The zero-order valence-corrected chi connectivity index (χ0v) is 14.2. The van der Waals surface area contributed by atoms with Gasteiger partial charge in [0.1, 0.15) is 0 Å². The van der Waals surface area contributed by atoms with E-state index in [4.69, 9.17) is 15.2 Å². The highest BCUT2D eigenvalue weighted by atomic mass is 32.2. The first-order valence-corrected chi connectivity index (χ1v) is 9.17. The fraction of sp³-hybridized carbons (Fsp3) is 0.250. The van der Waals surface area contributed by atoms with Gasteiger partial charge in [-0.3, -0.25) is 9.59 Å². The van der Waals surface area contributed by atoms with E-state index < -0.39 is 5.91 Å². The van der Waals surface area contributed by atoms with Gasteiger partial charge in [-0.1, -0.05) is 6.07 Å². The third-order valence-corrected chi connectivity index (χ3v) is 6.30. The minimum Gasteiger partial charge on any atom is -0.454 e. The van der Waals surface area contributed by atoms with Crippen molar-refractivity contribution in [1.82, 2.24) is 0 Å². The molecule has 0 atom stereocenters. The fourth-order valence-corrected chi connectivity index (χ4v) is 4.85. The lowest BCUT2D eigenvalue weighted by atomic mass is 10.1. The quantitative estimate of drug-likeness (QED) is 0.902. The van der Waals surface area contributed by atoms with Crippen LogP contribution < -0.4 is 20.1 Å². The molecule has 0 spiro atoms. The summed E-state index contributed by atoms with van der Waals surface area (Å²) in [6.07, 6.45) is 0.689. The van der Waals surface area contributed by atoms with Gasteiger partial charge >= 0.3 is 0 Å². The molecule has 0 bridgehead atoms. The Balaban J connectivity index is 1.54. The van der Waals surface area contributed by atoms with Crippen LogP contribution in [0, 0.1) is 0 Å². The number of benzene rings is 1. The Morgan fingerprint density at radius 1 is 1.25 bits per heavy atom. The molecule has 2 amide bonds. The summed E-state index contributed by atoms with van der Waals surface area (Å²) in [5.41, 5.74) is 7.21. The van der Waals surface area contributed by atoms with Gasteiger partial charge in [-0.25, -0.2) is 0 Å². The van der Waals surface area contributed by atoms with Crippen molar-refractivity contribution >= 4 is 40.6 Å². The predicted molar refractivity (Wildman–Crippen MR) is 92.2 cm³/mol. The summed E-state index contributed by atoms with van der Waals surface area (Å²) >= 11 is 2.80. The summed E-state index contributed by atoms with van der Waals surface area (Å²) in [5.74, 6) is 1.45. The summed E-state index contributed by atoms with van der Waals surface area (Å²) in [4.78, 5) is 25.9. The highest BCUT2D eigenvalue weighted by Crippen LogP contribution is 2.42. The van der Waals surface area contributed by atoms with Crippen molar-refractivity contribution < 1.29 is 19.1 Å². The van der Waals surface area contributed by atoms with E-state index in [2.05, 4.69) is 0 Å². The van der Waals surface area contributed by atoms with Crippen LogP contribution in [-0.4, -0.2) is 30.9 Å². The van der Waals surface area contributed by atoms with E-state index in [9.17, 15) is 9.59 Å². The molecule has 2 aromatic rings. The SMILES string of the molecule is NC(=O)c1cc2c(s1)SCC(=O)N2CCc1ccc2c(c1)OCO2. The molecule has 2 aliphatic heterocycles. The molecule has 0 fully saturated rings. The number of thiophene rings is 1. The molecule has 0 saturated heterocycles. The Kier molecular flexibility index (Phi) is 3.85. The molecule has 1 aromatic heterocycles. The minimum absolute atomic E-state index is 0.0436. The molecule has 4 rings (SSSR count). The summed E-state index contributed by atoms with van der Waals surface area (Å²) < 4.78 is 11.7. The summed E-state index contributed by atoms with van der Waals surface area (Å²) in [7, 11) is 0. The van der Waals surface area contributed by atoms with E-state index in [0.717, 1.165) is 27.0 Å². The second-order valence-corrected chi connectivity index (χ2v) is 7.72. The summed E-state index contributed by atoms with van der Waals surface area (Å²) in [6.45, 7) is 0.787. The Bertz CT molecular complexity index is 833. The molecule has 0 unspecified atom stereocenters. The van der Waals surface area contributed by atoms with Crippen LogP contribution in [0.2, 0.25) is 0 Å². The van der Waals surface area contributed by atoms with Crippen molar-refractivity contribution in [2.75, 3.05) is 24.0 Å². The van der Waals surface area contributed by atoms with Crippen LogP contribution in [-0.2, 0) is 11.2 Å². The zero-order chi connectivity index (χ0) is 16.7. The maximum atomic E-state index is 12.3. The first-order chi connectivity index (χ1) is 11.6. The van der Waals surface area contributed by atoms with E-state index >= 15 is 0 Å². The molecule has 2 aliphatic rings. The minimum atomic E-state index is -0.460. The molecule has 0 saturated carbocycles. The van der Waals surface area contributed by atoms with E-state index in [-0.39, 0.29) is 12.7 Å². The standard InChI is InChI=1S/C16H14N2O4S2/c17-15(20)13-6-10-16(24-13)23-7-14(19)18(10)4-3-9-1-2-11-12(5-9)22-8-21-11/h1-2,5-6H,3-4,7-8H2,(H2,17,20). The number of rotatable bonds is 4. The van der Waals surface area contributed by atoms with Crippen molar-refractivity contribution in [2.45, 2.75) is 10.6 Å². The van der Waals surface area contributed by atoms with Crippen LogP contribution in [0.3, 0.4) is 0 Å². The molecule has 6 nitrogen and oxygen atoms in total. The van der Waals surface area contributed by atoms with Crippen LogP contribution >= 0.6 is 23.1 Å². The molecule has 0 aliphatic carbocycles. The number of fused-ring (bicyclic) bond motifs is 2. The molecular weight excluding hydrogens is 348 g/mol. The lowest BCUT2D eigenvalue weighted by Crippen LogP contribution is -2.36. The van der Waals surface area contributed by atoms with Crippen molar-refractivity contribution in [3.63, 3.8) is 0 Å². The van der Waals surface area contributed by atoms with E-state index in [1.165, 1.54) is 23.1 Å². The third-order valence-electron chi connectivity index (χ3n) is 3.90. The van der Waals surface area contributed by atoms with Gasteiger partial charge < -0.3 is 20.1 Å². The van der Waals surface area contributed by atoms with Crippen molar-refractivity contribution in [3.05, 3.63) is 34.7 Å². The summed E-state index contributed by atoms with van der Waals surface area (Å²) in [5, 5.41) is 0. The van der Waals surface area contributed by atoms with E-state index in [1.54, 1.807) is 11.0 Å². The number of anilines is 1. The monoisotopic (exact) mass is 362 g/mol. The molecule has 1 aromatic carbocycles. The number of thioether (sulfide) groups is 1. The van der Waals surface area contributed by atoms with Crippen LogP contribution in [0.4, 0.5) is 5.69 Å². The van der Waals surface area contributed by atoms with Crippen LogP contribution in [0.1, 0.15) is 15.2 Å². The number of amides is 2. The average Bonchev–Trinajstić information content (AvgIpc) is 3.19. The Hall–Kier alpha value is -2.19. The average molecular weight is 362 g/mol. The van der Waals surface area contributed by atoms with Gasteiger partial charge in [0.2, 0.25) is 12.7 Å². The number of nitrogens with two attached hydrogens (primary N) is 1. The molecular formula is C16H14N2O4S2. The van der Waals surface area contributed by atoms with Gasteiger partial charge in [-0.2, -0.15) is 0 Å². The predicted octanol–water partition coefficient (Wildman–Crippen LogP) is 2.26. The molecule has 0 radical (unpaired) electrons. The molecule has 2 N–H and O–H groups in total. The number of nitrogens with zero attached hydrogens (tertiary/aromatic N) is 1. The van der Waals surface area contributed by atoms with Gasteiger partial charge in [-0.15, -0.1) is 23.1 Å². The maximum absolute atomic E-state index is 12.3. The number of ether oxygens (including phenoxy) is 2. The van der Waals surface area contributed by atoms with Crippen molar-refractivity contribution in [1.29, 1.82) is 0 Å². The maximum Gasteiger partial charge on any atom is 0.258 e.